The van der Waals surface area contributed by atoms with Crippen LogP contribution in [0.15, 0.2) is 36.5 Å². The van der Waals surface area contributed by atoms with Crippen molar-refractivity contribution in [3.63, 3.8) is 0 Å². The van der Waals surface area contributed by atoms with Gasteiger partial charge in [-0.2, -0.15) is 0 Å². The summed E-state index contributed by atoms with van der Waals surface area (Å²) < 4.78 is 27.7. The van der Waals surface area contributed by atoms with E-state index in [2.05, 4.69) is 10.3 Å². The van der Waals surface area contributed by atoms with Gasteiger partial charge in [0.05, 0.1) is 11.7 Å². The Balaban J connectivity index is 2.35. The molecule has 0 aliphatic heterocycles. The van der Waals surface area contributed by atoms with E-state index in [0.29, 0.717) is 6.54 Å². The van der Waals surface area contributed by atoms with Crippen molar-refractivity contribution >= 4 is 0 Å². The molecule has 0 spiro atoms. The first kappa shape index (κ1) is 15.6. The van der Waals surface area contributed by atoms with Crippen molar-refractivity contribution in [2.75, 3.05) is 6.54 Å². The van der Waals surface area contributed by atoms with Crippen LogP contribution in [0.3, 0.4) is 0 Å². The lowest BCUT2D eigenvalue weighted by Crippen LogP contribution is -2.25. The molecule has 2 aromatic rings. The smallest absolute Gasteiger partial charge is 0.129 e. The minimum absolute atomic E-state index is 0.108. The molecule has 2 rings (SSSR count). The molecule has 0 radical (unpaired) electrons. The first-order chi connectivity index (χ1) is 10.2. The van der Waals surface area contributed by atoms with Crippen LogP contribution in [0, 0.1) is 11.6 Å². The van der Waals surface area contributed by atoms with Gasteiger partial charge >= 0.3 is 0 Å². The second-order valence-electron chi connectivity index (χ2n) is 4.92. The zero-order valence-electron chi connectivity index (χ0n) is 12.4. The van der Waals surface area contributed by atoms with E-state index < -0.39 is 11.6 Å². The lowest BCUT2D eigenvalue weighted by molar-refractivity contribution is 0.490. The SMILES string of the molecule is CCNC(Cc1c(F)cccc1F)c1ncccc1CC. The van der Waals surface area contributed by atoms with Crippen LogP contribution >= 0.6 is 0 Å². The number of halogens is 2. The van der Waals surface area contributed by atoms with Gasteiger partial charge in [0.25, 0.3) is 0 Å². The van der Waals surface area contributed by atoms with E-state index in [1.165, 1.54) is 18.2 Å². The lowest BCUT2D eigenvalue weighted by Gasteiger charge is -2.20. The fraction of sp³-hybridized carbons (Fsp3) is 0.353. The minimum Gasteiger partial charge on any atom is -0.309 e. The maximum absolute atomic E-state index is 13.9. The molecule has 0 aliphatic rings. The van der Waals surface area contributed by atoms with Crippen molar-refractivity contribution in [2.45, 2.75) is 32.7 Å². The Bertz CT molecular complexity index is 579. The summed E-state index contributed by atoms with van der Waals surface area (Å²) in [6.45, 7) is 4.73. The molecule has 0 bridgehead atoms. The molecule has 1 aromatic carbocycles. The Morgan fingerprint density at radius 3 is 2.43 bits per heavy atom. The molecule has 1 unspecified atom stereocenters. The predicted octanol–water partition coefficient (Wildman–Crippen LogP) is 3.82. The van der Waals surface area contributed by atoms with Gasteiger partial charge in [-0.15, -0.1) is 0 Å². The summed E-state index contributed by atoms with van der Waals surface area (Å²) in [5.41, 5.74) is 2.07. The van der Waals surface area contributed by atoms with Crippen LogP contribution in [-0.4, -0.2) is 11.5 Å². The average Bonchev–Trinajstić information content (AvgIpc) is 2.50. The number of nitrogens with zero attached hydrogens (tertiary/aromatic N) is 1. The minimum atomic E-state index is -0.508. The number of nitrogens with one attached hydrogen (secondary N) is 1. The van der Waals surface area contributed by atoms with Gasteiger partial charge in [0.2, 0.25) is 0 Å². The number of benzene rings is 1. The number of hydrogen-bond acceptors (Lipinski definition) is 2. The van der Waals surface area contributed by atoms with Crippen LogP contribution in [0.25, 0.3) is 0 Å². The quantitative estimate of drug-likeness (QED) is 0.875. The summed E-state index contributed by atoms with van der Waals surface area (Å²) in [4.78, 5) is 4.42. The van der Waals surface area contributed by atoms with Crippen molar-refractivity contribution in [1.29, 1.82) is 0 Å². The zero-order valence-corrected chi connectivity index (χ0v) is 12.4. The lowest BCUT2D eigenvalue weighted by atomic mass is 9.97. The number of aryl methyl sites for hydroxylation is 1. The highest BCUT2D eigenvalue weighted by molar-refractivity contribution is 5.27. The van der Waals surface area contributed by atoms with Crippen LogP contribution in [-0.2, 0) is 12.8 Å². The van der Waals surface area contributed by atoms with Crippen LogP contribution in [0.2, 0.25) is 0 Å². The number of likely N-dealkylation sites (N-methyl/N-ethyl adjacent to an activating group) is 1. The van der Waals surface area contributed by atoms with Crippen LogP contribution in [0.5, 0.6) is 0 Å². The molecule has 0 fully saturated rings. The van der Waals surface area contributed by atoms with E-state index in [-0.39, 0.29) is 18.0 Å². The van der Waals surface area contributed by atoms with Crippen molar-refractivity contribution < 1.29 is 8.78 Å². The van der Waals surface area contributed by atoms with Crippen molar-refractivity contribution in [2.24, 2.45) is 0 Å². The third kappa shape index (κ3) is 3.64. The molecule has 0 aliphatic carbocycles. The summed E-state index contributed by atoms with van der Waals surface area (Å²) in [7, 11) is 0. The Morgan fingerprint density at radius 2 is 1.81 bits per heavy atom. The van der Waals surface area contributed by atoms with E-state index in [0.717, 1.165) is 17.7 Å². The van der Waals surface area contributed by atoms with Gasteiger partial charge in [0.15, 0.2) is 0 Å². The van der Waals surface area contributed by atoms with E-state index in [1.54, 1.807) is 6.20 Å². The second kappa shape index (κ2) is 7.27. The molecule has 0 saturated carbocycles. The summed E-state index contributed by atoms with van der Waals surface area (Å²) in [6, 6.07) is 7.66. The van der Waals surface area contributed by atoms with Crippen molar-refractivity contribution in [3.05, 3.63) is 65.0 Å². The van der Waals surface area contributed by atoms with Gasteiger partial charge in [0, 0.05) is 11.8 Å². The van der Waals surface area contributed by atoms with Gasteiger partial charge in [-0.05, 0) is 43.1 Å². The number of rotatable bonds is 6. The normalized spacial score (nSPS) is 12.4. The Kier molecular flexibility index (Phi) is 5.39. The summed E-state index contributed by atoms with van der Waals surface area (Å²) >= 11 is 0. The topological polar surface area (TPSA) is 24.9 Å². The van der Waals surface area contributed by atoms with Crippen LogP contribution < -0.4 is 5.32 Å². The maximum atomic E-state index is 13.9. The molecule has 0 amide bonds. The van der Waals surface area contributed by atoms with Gasteiger partial charge in [-0.1, -0.05) is 26.0 Å². The number of pyridine rings is 1. The van der Waals surface area contributed by atoms with Crippen LogP contribution in [0.4, 0.5) is 8.78 Å². The fourth-order valence-corrected chi connectivity index (χ4v) is 2.51. The zero-order chi connectivity index (χ0) is 15.2. The second-order valence-corrected chi connectivity index (χ2v) is 4.92. The van der Waals surface area contributed by atoms with E-state index in [4.69, 9.17) is 0 Å². The third-order valence-corrected chi connectivity index (χ3v) is 3.56. The average molecular weight is 290 g/mol. The van der Waals surface area contributed by atoms with E-state index in [9.17, 15) is 8.78 Å². The molecule has 1 N–H and O–H groups in total. The van der Waals surface area contributed by atoms with Crippen molar-refractivity contribution in [1.82, 2.24) is 10.3 Å². The highest BCUT2D eigenvalue weighted by Gasteiger charge is 2.19. The molecule has 1 heterocycles. The Hall–Kier alpha value is -1.81. The summed E-state index contributed by atoms with van der Waals surface area (Å²) in [5, 5.41) is 3.28. The van der Waals surface area contributed by atoms with Crippen LogP contribution in [0.1, 0.15) is 36.7 Å². The molecular weight excluding hydrogens is 270 g/mol. The highest BCUT2D eigenvalue weighted by atomic mass is 19.1. The molecular formula is C17H20F2N2. The fourth-order valence-electron chi connectivity index (χ4n) is 2.51. The van der Waals surface area contributed by atoms with E-state index in [1.807, 2.05) is 26.0 Å². The molecule has 21 heavy (non-hydrogen) atoms. The largest absolute Gasteiger partial charge is 0.309 e. The molecule has 0 saturated heterocycles. The standard InChI is InChI=1S/C17H20F2N2/c1-3-12-7-6-10-21-17(12)16(20-4-2)11-13-14(18)8-5-9-15(13)19/h5-10,16,20H,3-4,11H2,1-2H3. The van der Waals surface area contributed by atoms with Gasteiger partial charge in [-0.3, -0.25) is 4.98 Å². The molecule has 1 aromatic heterocycles. The molecule has 4 heteroatoms. The highest BCUT2D eigenvalue weighted by Crippen LogP contribution is 2.23. The number of aromatic nitrogens is 1. The summed E-state index contributed by atoms with van der Waals surface area (Å²) in [6.07, 6.45) is 2.80. The van der Waals surface area contributed by atoms with Gasteiger partial charge in [0.1, 0.15) is 11.6 Å². The van der Waals surface area contributed by atoms with Gasteiger partial charge < -0.3 is 5.32 Å². The van der Waals surface area contributed by atoms with E-state index >= 15 is 0 Å². The first-order valence-electron chi connectivity index (χ1n) is 7.27. The monoisotopic (exact) mass is 290 g/mol. The number of hydrogen-bond donors (Lipinski definition) is 1. The first-order valence-corrected chi connectivity index (χ1v) is 7.27. The molecule has 1 atom stereocenters. The van der Waals surface area contributed by atoms with Gasteiger partial charge in [-0.25, -0.2) is 8.78 Å². The summed E-state index contributed by atoms with van der Waals surface area (Å²) in [5.74, 6) is -1.02. The third-order valence-electron chi connectivity index (χ3n) is 3.56. The predicted molar refractivity (Wildman–Crippen MR) is 80.1 cm³/mol. The Labute approximate surface area is 124 Å². The molecule has 2 nitrogen and oxygen atoms in total. The Morgan fingerprint density at radius 1 is 1.10 bits per heavy atom. The maximum Gasteiger partial charge on any atom is 0.129 e. The molecule has 112 valence electrons. The van der Waals surface area contributed by atoms with Crippen molar-refractivity contribution in [3.8, 4) is 0 Å².